The number of methoxy groups -OCH3 is 1. The number of allylic oxidation sites excluding steroid dienone is 1. The molecular formula is C15H19N3O2. The largest absolute Gasteiger partial charge is 0.492 e. The predicted molar refractivity (Wildman–Crippen MR) is 80.0 cm³/mol. The van der Waals surface area contributed by atoms with Crippen molar-refractivity contribution in [3.63, 3.8) is 0 Å². The number of anilines is 1. The van der Waals surface area contributed by atoms with Crippen molar-refractivity contribution < 1.29 is 9.47 Å². The number of pyridine rings is 1. The monoisotopic (exact) mass is 273 g/mol. The Bertz CT molecular complexity index is 564. The van der Waals surface area contributed by atoms with Crippen molar-refractivity contribution >= 4 is 11.4 Å². The lowest BCUT2D eigenvalue weighted by molar-refractivity contribution is 0.297. The second-order valence-corrected chi connectivity index (χ2v) is 4.26. The average Bonchev–Trinajstić information content (AvgIpc) is 2.46. The molecule has 20 heavy (non-hydrogen) atoms. The van der Waals surface area contributed by atoms with Crippen molar-refractivity contribution in [3.05, 3.63) is 48.7 Å². The first kappa shape index (κ1) is 14.0. The van der Waals surface area contributed by atoms with Gasteiger partial charge in [0.1, 0.15) is 17.1 Å². The molecule has 0 saturated heterocycles. The Morgan fingerprint density at radius 3 is 2.90 bits per heavy atom. The van der Waals surface area contributed by atoms with Gasteiger partial charge in [0.05, 0.1) is 13.7 Å². The molecule has 1 aliphatic rings. The van der Waals surface area contributed by atoms with E-state index in [0.717, 1.165) is 11.4 Å². The molecule has 1 N–H and O–H groups in total. The highest BCUT2D eigenvalue weighted by atomic mass is 16.5. The lowest BCUT2D eigenvalue weighted by Gasteiger charge is -2.22. The number of aromatic nitrogens is 1. The van der Waals surface area contributed by atoms with Gasteiger partial charge in [-0.1, -0.05) is 6.58 Å². The molecule has 0 saturated carbocycles. The Kier molecular flexibility index (Phi) is 4.30. The molecule has 0 amide bonds. The minimum atomic E-state index is 0.527. The van der Waals surface area contributed by atoms with Crippen molar-refractivity contribution in [1.29, 1.82) is 0 Å². The zero-order valence-electron chi connectivity index (χ0n) is 12.0. The SMILES string of the molecule is C=C(OCC)c1ccc(N2C=CNC(C)=C2)c(OC)n1. The van der Waals surface area contributed by atoms with Gasteiger partial charge >= 0.3 is 0 Å². The number of hydrogen-bond donors (Lipinski definition) is 1. The third-order valence-corrected chi connectivity index (χ3v) is 2.79. The van der Waals surface area contributed by atoms with Crippen LogP contribution in [0, 0.1) is 0 Å². The molecule has 0 fully saturated rings. The molecule has 0 radical (unpaired) electrons. The third kappa shape index (κ3) is 2.93. The number of rotatable bonds is 5. The highest BCUT2D eigenvalue weighted by Crippen LogP contribution is 2.29. The van der Waals surface area contributed by atoms with Crippen LogP contribution in [0.25, 0.3) is 5.76 Å². The van der Waals surface area contributed by atoms with Crippen LogP contribution in [0.3, 0.4) is 0 Å². The first-order chi connectivity index (χ1) is 9.65. The highest BCUT2D eigenvalue weighted by Gasteiger charge is 2.14. The van der Waals surface area contributed by atoms with E-state index in [0.29, 0.717) is 23.9 Å². The molecule has 0 aromatic carbocycles. The van der Waals surface area contributed by atoms with Gasteiger partial charge in [0.15, 0.2) is 0 Å². The van der Waals surface area contributed by atoms with Gasteiger partial charge in [-0.25, -0.2) is 4.98 Å². The molecule has 5 heteroatoms. The molecule has 0 spiro atoms. The molecule has 1 aromatic heterocycles. The maximum atomic E-state index is 5.37. The Balaban J connectivity index is 2.33. The molecule has 2 heterocycles. The quantitative estimate of drug-likeness (QED) is 0.836. The van der Waals surface area contributed by atoms with E-state index in [1.165, 1.54) is 0 Å². The summed E-state index contributed by atoms with van der Waals surface area (Å²) >= 11 is 0. The second-order valence-electron chi connectivity index (χ2n) is 4.26. The summed E-state index contributed by atoms with van der Waals surface area (Å²) < 4.78 is 10.7. The first-order valence-electron chi connectivity index (χ1n) is 6.42. The van der Waals surface area contributed by atoms with Crippen LogP contribution in [0.2, 0.25) is 0 Å². The molecule has 5 nitrogen and oxygen atoms in total. The van der Waals surface area contributed by atoms with E-state index in [1.54, 1.807) is 7.11 Å². The van der Waals surface area contributed by atoms with Gasteiger partial charge in [-0.15, -0.1) is 0 Å². The van der Waals surface area contributed by atoms with Gasteiger partial charge in [-0.05, 0) is 26.0 Å². The number of ether oxygens (including phenoxy) is 2. The van der Waals surface area contributed by atoms with E-state index in [-0.39, 0.29) is 0 Å². The summed E-state index contributed by atoms with van der Waals surface area (Å²) in [7, 11) is 1.60. The van der Waals surface area contributed by atoms with Crippen molar-refractivity contribution in [1.82, 2.24) is 10.3 Å². The summed E-state index contributed by atoms with van der Waals surface area (Å²) in [6.45, 7) is 8.32. The minimum absolute atomic E-state index is 0.527. The zero-order chi connectivity index (χ0) is 14.5. The molecular weight excluding hydrogens is 254 g/mol. The maximum absolute atomic E-state index is 5.37. The topological polar surface area (TPSA) is 46.6 Å². The van der Waals surface area contributed by atoms with Gasteiger partial charge in [0, 0.05) is 24.3 Å². The van der Waals surface area contributed by atoms with Crippen LogP contribution in [-0.2, 0) is 4.74 Å². The molecule has 106 valence electrons. The molecule has 0 bridgehead atoms. The Hall–Kier alpha value is -2.43. The van der Waals surface area contributed by atoms with Crippen LogP contribution in [0.4, 0.5) is 5.69 Å². The lowest BCUT2D eigenvalue weighted by atomic mass is 10.2. The predicted octanol–water partition coefficient (Wildman–Crippen LogP) is 2.84. The third-order valence-electron chi connectivity index (χ3n) is 2.79. The van der Waals surface area contributed by atoms with Crippen molar-refractivity contribution in [2.45, 2.75) is 13.8 Å². The summed E-state index contributed by atoms with van der Waals surface area (Å²) in [4.78, 5) is 6.39. The van der Waals surface area contributed by atoms with Crippen LogP contribution < -0.4 is 15.0 Å². The standard InChI is InChI=1S/C15H19N3O2/c1-5-20-12(3)13-6-7-14(15(17-13)19-4)18-9-8-16-11(2)10-18/h6-10,16H,3,5H2,1-2,4H3. The minimum Gasteiger partial charge on any atom is -0.492 e. The first-order valence-corrected chi connectivity index (χ1v) is 6.42. The molecule has 1 aliphatic heterocycles. The lowest BCUT2D eigenvalue weighted by Crippen LogP contribution is -2.19. The molecule has 0 aliphatic carbocycles. The van der Waals surface area contributed by atoms with E-state index in [4.69, 9.17) is 9.47 Å². The van der Waals surface area contributed by atoms with E-state index in [1.807, 2.05) is 49.5 Å². The van der Waals surface area contributed by atoms with Crippen LogP contribution in [0.15, 0.2) is 43.0 Å². The summed E-state index contributed by atoms with van der Waals surface area (Å²) in [6, 6.07) is 3.81. The van der Waals surface area contributed by atoms with Crippen molar-refractivity contribution in [3.8, 4) is 5.88 Å². The molecule has 1 aromatic rings. The smallest absolute Gasteiger partial charge is 0.238 e. The summed E-state index contributed by atoms with van der Waals surface area (Å²) in [5.41, 5.74) is 2.57. The summed E-state index contributed by atoms with van der Waals surface area (Å²) in [5, 5.41) is 3.11. The van der Waals surface area contributed by atoms with E-state index in [9.17, 15) is 0 Å². The number of hydrogen-bond acceptors (Lipinski definition) is 5. The van der Waals surface area contributed by atoms with Crippen molar-refractivity contribution in [2.75, 3.05) is 18.6 Å². The average molecular weight is 273 g/mol. The van der Waals surface area contributed by atoms with Crippen LogP contribution in [0.5, 0.6) is 5.88 Å². The van der Waals surface area contributed by atoms with Crippen LogP contribution in [-0.4, -0.2) is 18.7 Å². The number of nitrogens with zero attached hydrogens (tertiary/aromatic N) is 2. The Morgan fingerprint density at radius 1 is 1.45 bits per heavy atom. The van der Waals surface area contributed by atoms with Crippen LogP contribution in [0.1, 0.15) is 19.5 Å². The van der Waals surface area contributed by atoms with Gasteiger partial charge in [0.25, 0.3) is 0 Å². The number of nitrogens with one attached hydrogen (secondary N) is 1. The summed E-state index contributed by atoms with van der Waals surface area (Å²) in [6.07, 6.45) is 5.74. The molecule has 2 rings (SSSR count). The Morgan fingerprint density at radius 2 is 2.25 bits per heavy atom. The van der Waals surface area contributed by atoms with Crippen LogP contribution >= 0.6 is 0 Å². The maximum Gasteiger partial charge on any atom is 0.238 e. The highest BCUT2D eigenvalue weighted by molar-refractivity contribution is 5.64. The van der Waals surface area contributed by atoms with Gasteiger partial charge < -0.3 is 19.7 Å². The van der Waals surface area contributed by atoms with E-state index >= 15 is 0 Å². The zero-order valence-corrected chi connectivity index (χ0v) is 12.0. The second kappa shape index (κ2) is 6.14. The van der Waals surface area contributed by atoms with Gasteiger partial charge in [-0.3, -0.25) is 0 Å². The van der Waals surface area contributed by atoms with Gasteiger partial charge in [-0.2, -0.15) is 0 Å². The Labute approximate surface area is 119 Å². The van der Waals surface area contributed by atoms with E-state index < -0.39 is 0 Å². The molecule has 0 unspecified atom stereocenters. The van der Waals surface area contributed by atoms with Gasteiger partial charge in [0.2, 0.25) is 5.88 Å². The fourth-order valence-electron chi connectivity index (χ4n) is 1.87. The van der Waals surface area contributed by atoms with E-state index in [2.05, 4.69) is 16.9 Å². The fraction of sp³-hybridized carbons (Fsp3) is 0.267. The molecule has 0 atom stereocenters. The fourth-order valence-corrected chi connectivity index (χ4v) is 1.87. The van der Waals surface area contributed by atoms with Crippen molar-refractivity contribution in [2.24, 2.45) is 0 Å². The normalized spacial score (nSPS) is 13.6. The summed E-state index contributed by atoms with van der Waals surface area (Å²) in [5.74, 6) is 1.07.